The molecule has 0 aliphatic carbocycles. The van der Waals surface area contributed by atoms with Gasteiger partial charge in [-0.3, -0.25) is 9.59 Å². The summed E-state index contributed by atoms with van der Waals surface area (Å²) in [6.07, 6.45) is 0.0753. The number of benzene rings is 3. The highest BCUT2D eigenvalue weighted by atomic mass is 35.5. The van der Waals surface area contributed by atoms with Crippen molar-refractivity contribution < 1.29 is 14.0 Å². The van der Waals surface area contributed by atoms with E-state index in [9.17, 15) is 14.0 Å². The molecular formula is C24H20ClFN2O2. The fraction of sp³-hybridized carbons (Fsp3) is 0.167. The van der Waals surface area contributed by atoms with E-state index in [0.717, 1.165) is 16.7 Å². The molecule has 1 N–H and O–H groups in total. The van der Waals surface area contributed by atoms with Crippen LogP contribution in [0.15, 0.2) is 72.8 Å². The molecule has 1 atom stereocenters. The fourth-order valence-corrected chi connectivity index (χ4v) is 3.93. The van der Waals surface area contributed by atoms with Crippen LogP contribution in [0.4, 0.5) is 4.39 Å². The molecule has 0 fully saturated rings. The standard InChI is InChI=1S/C24H20ClFN2O2/c25-19-6-3-4-16(12-19)14-27-23(29)13-22(17-8-10-20(26)11-9-17)28-15-18-5-1-2-7-21(18)24(28)30/h1-12,22H,13-15H2,(H,27,29)/t22-/m1/s1. The number of hydrogen-bond donors (Lipinski definition) is 1. The Morgan fingerprint density at radius 3 is 2.57 bits per heavy atom. The van der Waals surface area contributed by atoms with Crippen LogP contribution in [0.1, 0.15) is 39.5 Å². The average molecular weight is 423 g/mol. The monoisotopic (exact) mass is 422 g/mol. The van der Waals surface area contributed by atoms with Gasteiger partial charge < -0.3 is 10.2 Å². The topological polar surface area (TPSA) is 49.4 Å². The lowest BCUT2D eigenvalue weighted by Crippen LogP contribution is -2.34. The first-order valence-corrected chi connectivity index (χ1v) is 10.0. The van der Waals surface area contributed by atoms with Gasteiger partial charge in [0.25, 0.3) is 5.91 Å². The van der Waals surface area contributed by atoms with Crippen LogP contribution in [0.2, 0.25) is 5.02 Å². The van der Waals surface area contributed by atoms with Crippen molar-refractivity contribution in [3.63, 3.8) is 0 Å². The summed E-state index contributed by atoms with van der Waals surface area (Å²) in [4.78, 5) is 27.4. The highest BCUT2D eigenvalue weighted by Crippen LogP contribution is 2.33. The quantitative estimate of drug-likeness (QED) is 0.615. The number of fused-ring (bicyclic) bond motifs is 1. The van der Waals surface area contributed by atoms with Gasteiger partial charge in [-0.05, 0) is 47.0 Å². The van der Waals surface area contributed by atoms with Gasteiger partial charge in [-0.2, -0.15) is 0 Å². The molecule has 1 aliphatic rings. The molecule has 4 rings (SSSR count). The molecule has 152 valence electrons. The lowest BCUT2D eigenvalue weighted by Gasteiger charge is -2.28. The Morgan fingerprint density at radius 1 is 1.07 bits per heavy atom. The summed E-state index contributed by atoms with van der Waals surface area (Å²) >= 11 is 6.00. The molecule has 30 heavy (non-hydrogen) atoms. The molecule has 1 aliphatic heterocycles. The summed E-state index contributed by atoms with van der Waals surface area (Å²) in [7, 11) is 0. The number of carbonyl (C=O) groups excluding carboxylic acids is 2. The molecular weight excluding hydrogens is 403 g/mol. The van der Waals surface area contributed by atoms with Crippen molar-refractivity contribution in [2.24, 2.45) is 0 Å². The first kappa shape index (κ1) is 20.1. The largest absolute Gasteiger partial charge is 0.352 e. The van der Waals surface area contributed by atoms with E-state index in [1.54, 1.807) is 35.2 Å². The molecule has 2 amide bonds. The molecule has 3 aromatic rings. The minimum Gasteiger partial charge on any atom is -0.352 e. The van der Waals surface area contributed by atoms with Crippen molar-refractivity contribution in [1.29, 1.82) is 0 Å². The Hall–Kier alpha value is -3.18. The highest BCUT2D eigenvalue weighted by molar-refractivity contribution is 6.30. The third kappa shape index (κ3) is 4.36. The maximum Gasteiger partial charge on any atom is 0.255 e. The lowest BCUT2D eigenvalue weighted by atomic mass is 10.0. The average Bonchev–Trinajstić information content (AvgIpc) is 3.08. The zero-order valence-electron chi connectivity index (χ0n) is 16.1. The van der Waals surface area contributed by atoms with Crippen LogP contribution < -0.4 is 5.32 Å². The molecule has 0 saturated carbocycles. The number of carbonyl (C=O) groups is 2. The number of halogens is 2. The van der Waals surface area contributed by atoms with Gasteiger partial charge in [-0.15, -0.1) is 0 Å². The summed E-state index contributed by atoms with van der Waals surface area (Å²) in [5, 5.41) is 3.49. The van der Waals surface area contributed by atoms with Crippen LogP contribution in [0, 0.1) is 5.82 Å². The van der Waals surface area contributed by atoms with Crippen LogP contribution in [0.5, 0.6) is 0 Å². The maximum absolute atomic E-state index is 13.5. The van der Waals surface area contributed by atoms with Crippen molar-refractivity contribution in [1.82, 2.24) is 10.2 Å². The Balaban J connectivity index is 1.53. The minimum absolute atomic E-state index is 0.0753. The summed E-state index contributed by atoms with van der Waals surface area (Å²) in [6.45, 7) is 0.752. The van der Waals surface area contributed by atoms with Gasteiger partial charge in [0.2, 0.25) is 5.91 Å². The number of hydrogen-bond acceptors (Lipinski definition) is 2. The van der Waals surface area contributed by atoms with Gasteiger partial charge in [-0.1, -0.05) is 54.1 Å². The van der Waals surface area contributed by atoms with Gasteiger partial charge in [0.05, 0.1) is 12.5 Å². The SMILES string of the molecule is O=C(C[C@H](c1ccc(F)cc1)N1Cc2ccccc2C1=O)NCc1cccc(Cl)c1. The minimum atomic E-state index is -0.495. The Labute approximate surface area is 179 Å². The molecule has 0 saturated heterocycles. The molecule has 0 radical (unpaired) electrons. The van der Waals surface area contributed by atoms with E-state index in [1.807, 2.05) is 30.3 Å². The normalized spacial score (nSPS) is 13.8. The Kier molecular flexibility index (Phi) is 5.81. The van der Waals surface area contributed by atoms with Gasteiger partial charge in [-0.25, -0.2) is 4.39 Å². The molecule has 4 nitrogen and oxygen atoms in total. The molecule has 0 unspecified atom stereocenters. The number of nitrogens with one attached hydrogen (secondary N) is 1. The van der Waals surface area contributed by atoms with E-state index in [4.69, 9.17) is 11.6 Å². The molecule has 3 aromatic carbocycles. The van der Waals surface area contributed by atoms with E-state index in [0.29, 0.717) is 23.7 Å². The van der Waals surface area contributed by atoms with E-state index < -0.39 is 6.04 Å². The second-order valence-corrected chi connectivity index (χ2v) is 7.70. The molecule has 1 heterocycles. The molecule has 0 spiro atoms. The van der Waals surface area contributed by atoms with E-state index in [-0.39, 0.29) is 24.1 Å². The van der Waals surface area contributed by atoms with Crippen molar-refractivity contribution in [3.05, 3.63) is 106 Å². The summed E-state index contributed by atoms with van der Waals surface area (Å²) in [5.41, 5.74) is 3.17. The Morgan fingerprint density at radius 2 is 1.83 bits per heavy atom. The van der Waals surface area contributed by atoms with Crippen molar-refractivity contribution in [3.8, 4) is 0 Å². The molecule has 0 bridgehead atoms. The van der Waals surface area contributed by atoms with Crippen LogP contribution in [-0.4, -0.2) is 16.7 Å². The van der Waals surface area contributed by atoms with Crippen molar-refractivity contribution in [2.45, 2.75) is 25.6 Å². The first-order valence-electron chi connectivity index (χ1n) is 9.67. The summed E-state index contributed by atoms with van der Waals surface area (Å²) in [6, 6.07) is 20.1. The smallest absolute Gasteiger partial charge is 0.255 e. The zero-order chi connectivity index (χ0) is 21.1. The van der Waals surface area contributed by atoms with Crippen LogP contribution in [0.25, 0.3) is 0 Å². The van der Waals surface area contributed by atoms with Gasteiger partial charge >= 0.3 is 0 Å². The zero-order valence-corrected chi connectivity index (χ0v) is 16.9. The third-order valence-corrected chi connectivity index (χ3v) is 5.47. The number of nitrogens with zero attached hydrogens (tertiary/aromatic N) is 1. The van der Waals surface area contributed by atoms with Crippen molar-refractivity contribution in [2.75, 3.05) is 0 Å². The third-order valence-electron chi connectivity index (χ3n) is 5.24. The molecule has 6 heteroatoms. The lowest BCUT2D eigenvalue weighted by molar-refractivity contribution is -0.122. The maximum atomic E-state index is 13.5. The summed E-state index contributed by atoms with van der Waals surface area (Å²) in [5.74, 6) is -0.686. The highest BCUT2D eigenvalue weighted by Gasteiger charge is 2.34. The predicted molar refractivity (Wildman–Crippen MR) is 113 cm³/mol. The predicted octanol–water partition coefficient (Wildman–Crippen LogP) is 4.88. The van der Waals surface area contributed by atoms with E-state index >= 15 is 0 Å². The van der Waals surface area contributed by atoms with E-state index in [2.05, 4.69) is 5.32 Å². The first-order chi connectivity index (χ1) is 14.5. The van der Waals surface area contributed by atoms with Crippen LogP contribution in [-0.2, 0) is 17.9 Å². The Bertz CT molecular complexity index is 1080. The molecule has 0 aromatic heterocycles. The second kappa shape index (κ2) is 8.67. The van der Waals surface area contributed by atoms with Crippen LogP contribution in [0.3, 0.4) is 0 Å². The van der Waals surface area contributed by atoms with Gasteiger partial charge in [0.1, 0.15) is 5.82 Å². The van der Waals surface area contributed by atoms with Crippen LogP contribution >= 0.6 is 11.6 Å². The van der Waals surface area contributed by atoms with Crippen molar-refractivity contribution >= 4 is 23.4 Å². The fourth-order valence-electron chi connectivity index (χ4n) is 3.72. The second-order valence-electron chi connectivity index (χ2n) is 7.27. The summed E-state index contributed by atoms with van der Waals surface area (Å²) < 4.78 is 13.5. The number of amides is 2. The number of rotatable bonds is 6. The van der Waals surface area contributed by atoms with Gasteiger partial charge in [0.15, 0.2) is 0 Å². The van der Waals surface area contributed by atoms with E-state index in [1.165, 1.54) is 12.1 Å². The van der Waals surface area contributed by atoms with Gasteiger partial charge in [0, 0.05) is 23.7 Å².